The van der Waals surface area contributed by atoms with Gasteiger partial charge in [0.1, 0.15) is 5.75 Å². The third kappa shape index (κ3) is 3.27. The lowest BCUT2D eigenvalue weighted by atomic mass is 9.81. The molecular formula is C19H24O2. The fourth-order valence-electron chi connectivity index (χ4n) is 2.49. The zero-order valence-corrected chi connectivity index (χ0v) is 13.5. The summed E-state index contributed by atoms with van der Waals surface area (Å²) < 4.78 is 5.47. The number of aliphatic hydroxyl groups is 1. The molecule has 1 N–H and O–H groups in total. The van der Waals surface area contributed by atoms with E-state index >= 15 is 0 Å². The maximum atomic E-state index is 10.7. The Kier molecular flexibility index (Phi) is 4.38. The highest BCUT2D eigenvalue weighted by atomic mass is 16.5. The zero-order valence-electron chi connectivity index (χ0n) is 13.5. The molecule has 0 aliphatic rings. The number of ether oxygens (including phenoxy) is 1. The van der Waals surface area contributed by atoms with Gasteiger partial charge >= 0.3 is 0 Å². The van der Waals surface area contributed by atoms with Crippen molar-refractivity contribution < 1.29 is 9.84 Å². The van der Waals surface area contributed by atoms with E-state index in [1.807, 2.05) is 52.0 Å². The van der Waals surface area contributed by atoms with E-state index in [0.717, 1.165) is 28.0 Å². The standard InChI is InChI=1S/C19H24O2/c1-13-10-11-14(15-8-6-7-9-17(15)21-5)16(12-13)18(20)19(2,3)4/h6-12,18,20H,1-5H3. The molecule has 0 heterocycles. The molecule has 2 aromatic carbocycles. The molecule has 0 aliphatic carbocycles. The van der Waals surface area contributed by atoms with Crippen molar-refractivity contribution in [1.82, 2.24) is 0 Å². The Hall–Kier alpha value is -1.80. The summed E-state index contributed by atoms with van der Waals surface area (Å²) in [6, 6.07) is 14.1. The van der Waals surface area contributed by atoms with Gasteiger partial charge < -0.3 is 9.84 Å². The fraction of sp³-hybridized carbons (Fsp3) is 0.368. The van der Waals surface area contributed by atoms with Gasteiger partial charge in [0.05, 0.1) is 13.2 Å². The number of rotatable bonds is 3. The van der Waals surface area contributed by atoms with E-state index in [1.165, 1.54) is 0 Å². The largest absolute Gasteiger partial charge is 0.496 e. The van der Waals surface area contributed by atoms with Crippen molar-refractivity contribution in [3.8, 4) is 16.9 Å². The van der Waals surface area contributed by atoms with Crippen LogP contribution < -0.4 is 4.74 Å². The van der Waals surface area contributed by atoms with Crippen LogP contribution in [0, 0.1) is 12.3 Å². The summed E-state index contributed by atoms with van der Waals surface area (Å²) in [5.41, 5.74) is 3.92. The lowest BCUT2D eigenvalue weighted by molar-refractivity contribution is 0.0631. The normalized spacial score (nSPS) is 13.0. The second-order valence-electron chi connectivity index (χ2n) is 6.56. The summed E-state index contributed by atoms with van der Waals surface area (Å²) in [6.45, 7) is 8.19. The quantitative estimate of drug-likeness (QED) is 0.881. The number of hydrogen-bond donors (Lipinski definition) is 1. The van der Waals surface area contributed by atoms with Gasteiger partial charge in [-0.1, -0.05) is 62.7 Å². The molecular weight excluding hydrogens is 260 g/mol. The van der Waals surface area contributed by atoms with Crippen LogP contribution in [0.2, 0.25) is 0 Å². The van der Waals surface area contributed by atoms with Gasteiger partial charge in [0.15, 0.2) is 0 Å². The molecule has 0 bridgehead atoms. The van der Waals surface area contributed by atoms with Crippen LogP contribution in [-0.4, -0.2) is 12.2 Å². The molecule has 0 saturated carbocycles. The maximum Gasteiger partial charge on any atom is 0.126 e. The highest BCUT2D eigenvalue weighted by Crippen LogP contribution is 2.40. The molecule has 1 unspecified atom stereocenters. The number of benzene rings is 2. The molecule has 0 amide bonds. The molecule has 2 nitrogen and oxygen atoms in total. The van der Waals surface area contributed by atoms with Gasteiger partial charge in [0, 0.05) is 5.56 Å². The first kappa shape index (κ1) is 15.6. The maximum absolute atomic E-state index is 10.7. The molecule has 0 aromatic heterocycles. The minimum absolute atomic E-state index is 0.218. The summed E-state index contributed by atoms with van der Waals surface area (Å²) in [7, 11) is 1.67. The molecule has 0 radical (unpaired) electrons. The average molecular weight is 284 g/mol. The van der Waals surface area contributed by atoms with E-state index < -0.39 is 6.10 Å². The Labute approximate surface area is 127 Å². The van der Waals surface area contributed by atoms with Gasteiger partial charge in [-0.2, -0.15) is 0 Å². The first-order valence-corrected chi connectivity index (χ1v) is 7.26. The lowest BCUT2D eigenvalue weighted by Crippen LogP contribution is -2.18. The highest BCUT2D eigenvalue weighted by molar-refractivity contribution is 5.74. The van der Waals surface area contributed by atoms with Crippen LogP contribution in [0.4, 0.5) is 0 Å². The molecule has 21 heavy (non-hydrogen) atoms. The first-order valence-electron chi connectivity index (χ1n) is 7.26. The topological polar surface area (TPSA) is 29.5 Å². The van der Waals surface area contributed by atoms with Crippen LogP contribution in [0.1, 0.15) is 38.0 Å². The zero-order chi connectivity index (χ0) is 15.6. The second kappa shape index (κ2) is 5.90. The predicted molar refractivity (Wildman–Crippen MR) is 87.6 cm³/mol. The van der Waals surface area contributed by atoms with E-state index in [4.69, 9.17) is 4.74 Å². The van der Waals surface area contributed by atoms with Crippen LogP contribution in [0.5, 0.6) is 5.75 Å². The van der Waals surface area contributed by atoms with Crippen molar-refractivity contribution in [3.63, 3.8) is 0 Å². The van der Waals surface area contributed by atoms with Crippen molar-refractivity contribution in [1.29, 1.82) is 0 Å². The minimum Gasteiger partial charge on any atom is -0.496 e. The molecule has 2 aromatic rings. The van der Waals surface area contributed by atoms with Gasteiger partial charge in [0.25, 0.3) is 0 Å². The molecule has 1 atom stereocenters. The van der Waals surface area contributed by atoms with E-state index in [2.05, 4.69) is 18.2 Å². The van der Waals surface area contributed by atoms with E-state index in [-0.39, 0.29) is 5.41 Å². The smallest absolute Gasteiger partial charge is 0.126 e. The summed E-state index contributed by atoms with van der Waals surface area (Å²) in [6.07, 6.45) is -0.530. The van der Waals surface area contributed by atoms with Gasteiger partial charge in [-0.15, -0.1) is 0 Å². The van der Waals surface area contributed by atoms with E-state index in [9.17, 15) is 5.11 Å². The third-order valence-corrected chi connectivity index (χ3v) is 3.72. The van der Waals surface area contributed by atoms with Crippen molar-refractivity contribution in [2.45, 2.75) is 33.8 Å². The number of methoxy groups -OCH3 is 1. The lowest BCUT2D eigenvalue weighted by Gasteiger charge is -2.28. The Balaban J connectivity index is 2.64. The Morgan fingerprint density at radius 2 is 1.67 bits per heavy atom. The van der Waals surface area contributed by atoms with E-state index in [0.29, 0.717) is 0 Å². The summed E-state index contributed by atoms with van der Waals surface area (Å²) in [4.78, 5) is 0. The van der Waals surface area contributed by atoms with Crippen molar-refractivity contribution in [2.75, 3.05) is 7.11 Å². The molecule has 0 fully saturated rings. The molecule has 0 spiro atoms. The van der Waals surface area contributed by atoms with Crippen molar-refractivity contribution >= 4 is 0 Å². The first-order chi connectivity index (χ1) is 9.84. The van der Waals surface area contributed by atoms with Crippen LogP contribution in [0.25, 0.3) is 11.1 Å². The Morgan fingerprint density at radius 1 is 1.00 bits per heavy atom. The monoisotopic (exact) mass is 284 g/mol. The molecule has 2 rings (SSSR count). The van der Waals surface area contributed by atoms with Crippen LogP contribution in [0.15, 0.2) is 42.5 Å². The Bertz CT molecular complexity index is 624. The number of para-hydroxylation sites is 1. The van der Waals surface area contributed by atoms with E-state index in [1.54, 1.807) is 7.11 Å². The third-order valence-electron chi connectivity index (χ3n) is 3.72. The van der Waals surface area contributed by atoms with Crippen LogP contribution in [0.3, 0.4) is 0 Å². The Morgan fingerprint density at radius 3 is 2.29 bits per heavy atom. The molecule has 0 saturated heterocycles. The molecule has 0 aliphatic heterocycles. The van der Waals surface area contributed by atoms with Crippen LogP contribution >= 0.6 is 0 Å². The average Bonchev–Trinajstić information content (AvgIpc) is 2.45. The minimum atomic E-state index is -0.530. The number of aliphatic hydroxyl groups excluding tert-OH is 1. The highest BCUT2D eigenvalue weighted by Gasteiger charge is 2.27. The van der Waals surface area contributed by atoms with Gasteiger partial charge in [0.2, 0.25) is 0 Å². The van der Waals surface area contributed by atoms with Gasteiger partial charge in [-0.3, -0.25) is 0 Å². The van der Waals surface area contributed by atoms with Crippen molar-refractivity contribution in [3.05, 3.63) is 53.6 Å². The number of aryl methyl sites for hydroxylation is 1. The van der Waals surface area contributed by atoms with Crippen LogP contribution in [-0.2, 0) is 0 Å². The summed E-state index contributed by atoms with van der Waals surface area (Å²) >= 11 is 0. The second-order valence-corrected chi connectivity index (χ2v) is 6.56. The van der Waals surface area contributed by atoms with Crippen molar-refractivity contribution in [2.24, 2.45) is 5.41 Å². The molecule has 112 valence electrons. The SMILES string of the molecule is COc1ccccc1-c1ccc(C)cc1C(O)C(C)(C)C. The summed E-state index contributed by atoms with van der Waals surface area (Å²) in [5, 5.41) is 10.7. The van der Waals surface area contributed by atoms with Gasteiger partial charge in [-0.05, 0) is 29.5 Å². The summed E-state index contributed by atoms with van der Waals surface area (Å²) in [5.74, 6) is 0.823. The number of hydrogen-bond acceptors (Lipinski definition) is 2. The fourth-order valence-corrected chi connectivity index (χ4v) is 2.49. The molecule has 2 heteroatoms. The van der Waals surface area contributed by atoms with Gasteiger partial charge in [-0.25, -0.2) is 0 Å². The predicted octanol–water partition coefficient (Wildman–Crippen LogP) is 4.75.